The van der Waals surface area contributed by atoms with E-state index in [2.05, 4.69) is 63.6 Å². The van der Waals surface area contributed by atoms with Crippen LogP contribution in [0.4, 0.5) is 5.82 Å². The molecule has 4 rings (SSSR count). The van der Waals surface area contributed by atoms with Gasteiger partial charge >= 0.3 is 0 Å². The number of nitrogens with two attached hydrogens (primary N) is 1. The number of anilines is 1. The molecular formula is C15H13N5S. The Morgan fingerprint density at radius 1 is 1.10 bits per heavy atom. The van der Waals surface area contributed by atoms with Gasteiger partial charge in [0.05, 0.1) is 4.88 Å². The lowest BCUT2D eigenvalue weighted by Gasteiger charge is -2.00. The fraction of sp³-hybridized carbons (Fsp3) is 0.0667. The molecule has 1 aromatic carbocycles. The standard InChI is InChI=1S/C15H13N5S/c1-20-7-6-9-8-10(2-3-11(9)20)12-4-5-13(21-12)14-15(16)18-19-17-14/h2-8H,1H3,(H3,16,17,18,19). The zero-order chi connectivity index (χ0) is 14.4. The summed E-state index contributed by atoms with van der Waals surface area (Å²) in [6.07, 6.45) is 2.07. The van der Waals surface area contributed by atoms with E-state index >= 15 is 0 Å². The number of thiophene rings is 1. The number of aromatic nitrogens is 4. The minimum Gasteiger partial charge on any atom is -0.380 e. The lowest BCUT2D eigenvalue weighted by Crippen LogP contribution is -1.86. The molecule has 0 aliphatic carbocycles. The Labute approximate surface area is 125 Å². The quantitative estimate of drug-likeness (QED) is 0.596. The molecule has 0 atom stereocenters. The summed E-state index contributed by atoms with van der Waals surface area (Å²) in [6, 6.07) is 12.8. The van der Waals surface area contributed by atoms with Gasteiger partial charge in [0.1, 0.15) is 5.69 Å². The summed E-state index contributed by atoms with van der Waals surface area (Å²) < 4.78 is 2.12. The zero-order valence-corrected chi connectivity index (χ0v) is 12.2. The number of aromatic amines is 1. The fourth-order valence-corrected chi connectivity index (χ4v) is 3.48. The molecule has 3 N–H and O–H groups in total. The molecule has 4 aromatic rings. The van der Waals surface area contributed by atoms with E-state index in [-0.39, 0.29) is 0 Å². The Kier molecular flexibility index (Phi) is 2.58. The lowest BCUT2D eigenvalue weighted by atomic mass is 10.1. The highest BCUT2D eigenvalue weighted by Crippen LogP contribution is 2.36. The predicted molar refractivity (Wildman–Crippen MR) is 86.0 cm³/mol. The number of H-pyrrole nitrogens is 1. The number of hydrogen-bond donors (Lipinski definition) is 2. The first-order chi connectivity index (χ1) is 10.2. The minimum atomic E-state index is 0.432. The Morgan fingerprint density at radius 3 is 2.76 bits per heavy atom. The highest BCUT2D eigenvalue weighted by atomic mass is 32.1. The molecule has 0 unspecified atom stereocenters. The zero-order valence-electron chi connectivity index (χ0n) is 11.4. The first-order valence-electron chi connectivity index (χ1n) is 6.54. The van der Waals surface area contributed by atoms with Crippen LogP contribution in [0.1, 0.15) is 0 Å². The van der Waals surface area contributed by atoms with Gasteiger partial charge in [0.25, 0.3) is 0 Å². The van der Waals surface area contributed by atoms with Gasteiger partial charge in [0, 0.05) is 29.0 Å². The molecule has 0 saturated heterocycles. The number of nitrogen functional groups attached to an aromatic ring is 1. The highest BCUT2D eigenvalue weighted by Gasteiger charge is 2.11. The summed E-state index contributed by atoms with van der Waals surface area (Å²) in [6.45, 7) is 0. The van der Waals surface area contributed by atoms with E-state index in [9.17, 15) is 0 Å². The van der Waals surface area contributed by atoms with Gasteiger partial charge in [-0.15, -0.1) is 16.4 Å². The van der Waals surface area contributed by atoms with Crippen LogP contribution in [0.25, 0.3) is 31.9 Å². The molecule has 0 bridgehead atoms. The van der Waals surface area contributed by atoms with Crippen molar-refractivity contribution in [2.75, 3.05) is 5.73 Å². The molecular weight excluding hydrogens is 282 g/mol. The van der Waals surface area contributed by atoms with E-state index in [4.69, 9.17) is 5.73 Å². The lowest BCUT2D eigenvalue weighted by molar-refractivity contribution is 0.946. The number of benzene rings is 1. The third-order valence-electron chi connectivity index (χ3n) is 3.58. The van der Waals surface area contributed by atoms with E-state index < -0.39 is 0 Å². The van der Waals surface area contributed by atoms with Crippen LogP contribution in [0, 0.1) is 0 Å². The van der Waals surface area contributed by atoms with Crippen molar-refractivity contribution in [1.29, 1.82) is 0 Å². The van der Waals surface area contributed by atoms with Gasteiger partial charge < -0.3 is 10.3 Å². The molecule has 0 amide bonds. The Morgan fingerprint density at radius 2 is 1.95 bits per heavy atom. The summed E-state index contributed by atoms with van der Waals surface area (Å²) in [4.78, 5) is 2.21. The van der Waals surface area contributed by atoms with Crippen molar-refractivity contribution in [3.05, 3.63) is 42.6 Å². The van der Waals surface area contributed by atoms with Crippen molar-refractivity contribution in [1.82, 2.24) is 20.0 Å². The van der Waals surface area contributed by atoms with E-state index in [1.54, 1.807) is 11.3 Å². The van der Waals surface area contributed by atoms with E-state index in [1.165, 1.54) is 21.3 Å². The summed E-state index contributed by atoms with van der Waals surface area (Å²) in [7, 11) is 2.05. The topological polar surface area (TPSA) is 72.5 Å². The SMILES string of the molecule is Cn1ccc2cc(-c3ccc(-c4n[nH]nc4N)s3)ccc21. The maximum atomic E-state index is 5.80. The van der Waals surface area contributed by atoms with Crippen LogP contribution in [0.15, 0.2) is 42.6 Å². The van der Waals surface area contributed by atoms with Crippen molar-refractivity contribution in [2.45, 2.75) is 0 Å². The Balaban J connectivity index is 1.79. The van der Waals surface area contributed by atoms with Crippen molar-refractivity contribution < 1.29 is 0 Å². The largest absolute Gasteiger partial charge is 0.380 e. The molecule has 0 saturated carbocycles. The second kappa shape index (κ2) is 4.46. The first-order valence-corrected chi connectivity index (χ1v) is 7.36. The summed E-state index contributed by atoms with van der Waals surface area (Å²) in [5.41, 5.74) is 8.95. The molecule has 0 aliphatic rings. The van der Waals surface area contributed by atoms with Gasteiger partial charge in [-0.1, -0.05) is 6.07 Å². The molecule has 6 heteroatoms. The second-order valence-corrected chi connectivity index (χ2v) is 6.01. The van der Waals surface area contributed by atoms with Gasteiger partial charge in [0.15, 0.2) is 5.82 Å². The van der Waals surface area contributed by atoms with Crippen molar-refractivity contribution in [3.8, 4) is 21.0 Å². The molecule has 3 aromatic heterocycles. The maximum absolute atomic E-state index is 5.80. The Bertz CT molecular complexity index is 931. The van der Waals surface area contributed by atoms with Crippen molar-refractivity contribution in [3.63, 3.8) is 0 Å². The van der Waals surface area contributed by atoms with E-state index in [1.807, 2.05) is 6.07 Å². The van der Waals surface area contributed by atoms with Crippen LogP contribution in [-0.4, -0.2) is 20.0 Å². The van der Waals surface area contributed by atoms with Crippen LogP contribution < -0.4 is 5.73 Å². The summed E-state index contributed by atoms with van der Waals surface area (Å²) >= 11 is 1.66. The number of fused-ring (bicyclic) bond motifs is 1. The summed E-state index contributed by atoms with van der Waals surface area (Å²) in [5.74, 6) is 0.432. The van der Waals surface area contributed by atoms with Gasteiger partial charge in [0.2, 0.25) is 0 Å². The normalized spacial score (nSPS) is 11.3. The van der Waals surface area contributed by atoms with E-state index in [0.717, 1.165) is 4.88 Å². The van der Waals surface area contributed by atoms with Crippen LogP contribution in [0.2, 0.25) is 0 Å². The maximum Gasteiger partial charge on any atom is 0.174 e. The molecule has 5 nitrogen and oxygen atoms in total. The fourth-order valence-electron chi connectivity index (χ4n) is 2.48. The number of hydrogen-bond acceptors (Lipinski definition) is 4. The monoisotopic (exact) mass is 295 g/mol. The average Bonchev–Trinajstić information content (AvgIpc) is 3.19. The predicted octanol–water partition coefficient (Wildman–Crippen LogP) is 3.27. The molecule has 0 aliphatic heterocycles. The Hall–Kier alpha value is -2.60. The molecule has 0 spiro atoms. The molecule has 0 fully saturated rings. The van der Waals surface area contributed by atoms with Crippen LogP contribution >= 0.6 is 11.3 Å². The van der Waals surface area contributed by atoms with E-state index in [0.29, 0.717) is 11.5 Å². The minimum absolute atomic E-state index is 0.432. The number of nitrogens with zero attached hydrogens (tertiary/aromatic N) is 3. The van der Waals surface area contributed by atoms with Crippen molar-refractivity contribution >= 4 is 28.1 Å². The summed E-state index contributed by atoms with van der Waals surface area (Å²) in [5, 5.41) is 11.7. The number of aryl methyl sites for hydroxylation is 1. The molecule has 21 heavy (non-hydrogen) atoms. The highest BCUT2D eigenvalue weighted by molar-refractivity contribution is 7.18. The van der Waals surface area contributed by atoms with Gasteiger partial charge in [-0.25, -0.2) is 0 Å². The third kappa shape index (κ3) is 1.92. The number of rotatable bonds is 2. The van der Waals surface area contributed by atoms with Crippen LogP contribution in [0.5, 0.6) is 0 Å². The average molecular weight is 295 g/mol. The number of nitrogens with one attached hydrogen (secondary N) is 1. The van der Waals surface area contributed by atoms with Crippen LogP contribution in [0.3, 0.4) is 0 Å². The second-order valence-electron chi connectivity index (χ2n) is 4.92. The van der Waals surface area contributed by atoms with Crippen molar-refractivity contribution in [2.24, 2.45) is 7.05 Å². The molecule has 0 radical (unpaired) electrons. The van der Waals surface area contributed by atoms with Crippen LogP contribution in [-0.2, 0) is 7.05 Å². The third-order valence-corrected chi connectivity index (χ3v) is 4.73. The van der Waals surface area contributed by atoms with Gasteiger partial charge in [-0.05, 0) is 35.9 Å². The smallest absolute Gasteiger partial charge is 0.174 e. The van der Waals surface area contributed by atoms with Gasteiger partial charge in [-0.3, -0.25) is 0 Å². The van der Waals surface area contributed by atoms with Gasteiger partial charge in [-0.2, -0.15) is 10.3 Å². The molecule has 104 valence electrons. The first kappa shape index (κ1) is 12.2. The molecule has 3 heterocycles.